The Morgan fingerprint density at radius 1 is 1.38 bits per heavy atom. The molecule has 1 heterocycles. The molecule has 4 heteroatoms. The van der Waals surface area contributed by atoms with E-state index in [9.17, 15) is 9.90 Å². The van der Waals surface area contributed by atoms with Crippen molar-refractivity contribution in [2.24, 2.45) is 4.99 Å². The zero-order valence-corrected chi connectivity index (χ0v) is 8.76. The largest absolute Gasteiger partial charge is 0.465 e. The average Bonchev–Trinajstić information content (AvgIpc) is 3.06. The number of amides is 1. The Bertz CT molecular complexity index is 478. The Labute approximate surface area is 93.2 Å². The number of aliphatic imine (C=N–C) groups is 1. The Morgan fingerprint density at radius 2 is 2.12 bits per heavy atom. The molecule has 82 valence electrons. The van der Waals surface area contributed by atoms with Crippen LogP contribution in [0.1, 0.15) is 18.4 Å². The number of carboxylic acid groups (broad SMARTS) is 1. The standard InChI is InChI=1S/C12H12N2O2/c15-11(16)14-7-9-3-1-2-4-10(9)13-8-12(14)5-6-12/h1-4,8H,5-7H2,(H,15,16). The zero-order valence-electron chi connectivity index (χ0n) is 8.76. The van der Waals surface area contributed by atoms with Gasteiger partial charge in [-0.1, -0.05) is 18.2 Å². The van der Waals surface area contributed by atoms with Crippen LogP contribution in [0.5, 0.6) is 0 Å². The number of fused-ring (bicyclic) bond motifs is 1. The highest BCUT2D eigenvalue weighted by Crippen LogP contribution is 2.43. The van der Waals surface area contributed by atoms with Crippen LogP contribution in [0.4, 0.5) is 10.5 Å². The van der Waals surface area contributed by atoms with E-state index in [0.717, 1.165) is 24.1 Å². The van der Waals surface area contributed by atoms with Crippen LogP contribution in [0, 0.1) is 0 Å². The van der Waals surface area contributed by atoms with Gasteiger partial charge in [-0.3, -0.25) is 9.89 Å². The topological polar surface area (TPSA) is 52.9 Å². The molecule has 1 saturated carbocycles. The summed E-state index contributed by atoms with van der Waals surface area (Å²) >= 11 is 0. The van der Waals surface area contributed by atoms with E-state index in [2.05, 4.69) is 4.99 Å². The summed E-state index contributed by atoms with van der Waals surface area (Å²) < 4.78 is 0. The molecule has 1 N–H and O–H groups in total. The lowest BCUT2D eigenvalue weighted by Crippen LogP contribution is -2.41. The lowest BCUT2D eigenvalue weighted by Gasteiger charge is -2.24. The van der Waals surface area contributed by atoms with E-state index in [1.807, 2.05) is 24.3 Å². The van der Waals surface area contributed by atoms with Crippen LogP contribution in [0.25, 0.3) is 0 Å². The molecule has 3 rings (SSSR count). The molecule has 1 aliphatic heterocycles. The Morgan fingerprint density at radius 3 is 2.81 bits per heavy atom. The zero-order chi connectivity index (χ0) is 11.2. The van der Waals surface area contributed by atoms with Gasteiger partial charge in [0.25, 0.3) is 0 Å². The first kappa shape index (κ1) is 9.39. The SMILES string of the molecule is O=C(O)N1Cc2ccccc2N=CC12CC2. The summed E-state index contributed by atoms with van der Waals surface area (Å²) in [5, 5.41) is 9.23. The Kier molecular flexibility index (Phi) is 1.80. The van der Waals surface area contributed by atoms with Crippen LogP contribution in [0.2, 0.25) is 0 Å². The Hall–Kier alpha value is -1.84. The first-order valence-electron chi connectivity index (χ1n) is 5.35. The number of hydrogen-bond acceptors (Lipinski definition) is 2. The fourth-order valence-electron chi connectivity index (χ4n) is 2.14. The molecule has 1 aromatic carbocycles. The van der Waals surface area contributed by atoms with Gasteiger partial charge in [-0.15, -0.1) is 0 Å². The molecule has 1 aromatic rings. The minimum Gasteiger partial charge on any atom is -0.465 e. The van der Waals surface area contributed by atoms with Crippen LogP contribution in [-0.2, 0) is 6.54 Å². The number of rotatable bonds is 0. The minimum absolute atomic E-state index is 0.329. The summed E-state index contributed by atoms with van der Waals surface area (Å²) in [5.74, 6) is 0. The third-order valence-corrected chi connectivity index (χ3v) is 3.29. The molecule has 0 radical (unpaired) electrons. The minimum atomic E-state index is -0.861. The maximum Gasteiger partial charge on any atom is 0.408 e. The van der Waals surface area contributed by atoms with Crippen LogP contribution < -0.4 is 0 Å². The van der Waals surface area contributed by atoms with E-state index in [1.54, 1.807) is 6.21 Å². The van der Waals surface area contributed by atoms with E-state index in [0.29, 0.717) is 6.54 Å². The fraction of sp³-hybridized carbons (Fsp3) is 0.333. The molecule has 0 saturated heterocycles. The van der Waals surface area contributed by atoms with Crippen molar-refractivity contribution in [1.82, 2.24) is 4.90 Å². The second kappa shape index (κ2) is 3.07. The molecule has 1 aliphatic carbocycles. The van der Waals surface area contributed by atoms with Gasteiger partial charge >= 0.3 is 6.09 Å². The van der Waals surface area contributed by atoms with Crippen LogP contribution in [0.15, 0.2) is 29.3 Å². The summed E-state index contributed by atoms with van der Waals surface area (Å²) in [6, 6.07) is 7.70. The molecule has 0 aromatic heterocycles. The van der Waals surface area contributed by atoms with Crippen molar-refractivity contribution < 1.29 is 9.90 Å². The van der Waals surface area contributed by atoms with Crippen molar-refractivity contribution in [3.8, 4) is 0 Å². The molecular formula is C12H12N2O2. The van der Waals surface area contributed by atoms with Crippen LogP contribution in [0.3, 0.4) is 0 Å². The second-order valence-corrected chi connectivity index (χ2v) is 4.36. The summed E-state index contributed by atoms with van der Waals surface area (Å²) in [7, 11) is 0. The molecule has 0 atom stereocenters. The maximum absolute atomic E-state index is 11.2. The molecule has 4 nitrogen and oxygen atoms in total. The highest BCUT2D eigenvalue weighted by Gasteiger charge is 2.50. The van der Waals surface area contributed by atoms with Gasteiger partial charge in [-0.05, 0) is 24.5 Å². The highest BCUT2D eigenvalue weighted by atomic mass is 16.4. The molecule has 2 aliphatic rings. The van der Waals surface area contributed by atoms with Gasteiger partial charge in [0.1, 0.15) is 0 Å². The molecule has 16 heavy (non-hydrogen) atoms. The molecule has 0 unspecified atom stereocenters. The quantitative estimate of drug-likeness (QED) is 0.724. The lowest BCUT2D eigenvalue weighted by molar-refractivity contribution is 0.130. The van der Waals surface area contributed by atoms with Crippen molar-refractivity contribution in [1.29, 1.82) is 0 Å². The number of para-hydroxylation sites is 1. The first-order chi connectivity index (χ1) is 7.71. The lowest BCUT2D eigenvalue weighted by atomic mass is 10.1. The van der Waals surface area contributed by atoms with E-state index in [-0.39, 0.29) is 5.54 Å². The van der Waals surface area contributed by atoms with Gasteiger partial charge in [-0.2, -0.15) is 0 Å². The monoisotopic (exact) mass is 216 g/mol. The van der Waals surface area contributed by atoms with E-state index in [1.165, 1.54) is 4.90 Å². The van der Waals surface area contributed by atoms with Crippen molar-refractivity contribution in [3.63, 3.8) is 0 Å². The van der Waals surface area contributed by atoms with Gasteiger partial charge in [-0.25, -0.2) is 4.79 Å². The van der Waals surface area contributed by atoms with Crippen molar-refractivity contribution in [3.05, 3.63) is 29.8 Å². The van der Waals surface area contributed by atoms with Crippen LogP contribution in [-0.4, -0.2) is 27.9 Å². The van der Waals surface area contributed by atoms with Gasteiger partial charge in [0, 0.05) is 6.21 Å². The summed E-state index contributed by atoms with van der Waals surface area (Å²) in [5.41, 5.74) is 1.53. The predicted octanol–water partition coefficient (Wildman–Crippen LogP) is 2.42. The number of nitrogens with zero attached hydrogens (tertiary/aromatic N) is 2. The number of hydrogen-bond donors (Lipinski definition) is 1. The van der Waals surface area contributed by atoms with Crippen molar-refractivity contribution in [2.45, 2.75) is 24.9 Å². The van der Waals surface area contributed by atoms with Gasteiger partial charge in [0.05, 0.1) is 17.8 Å². The van der Waals surface area contributed by atoms with E-state index < -0.39 is 6.09 Å². The van der Waals surface area contributed by atoms with Crippen molar-refractivity contribution in [2.75, 3.05) is 0 Å². The van der Waals surface area contributed by atoms with Crippen molar-refractivity contribution >= 4 is 18.0 Å². The maximum atomic E-state index is 11.2. The summed E-state index contributed by atoms with van der Waals surface area (Å²) in [6.45, 7) is 0.436. The molecule has 1 amide bonds. The Balaban J connectivity index is 2.06. The van der Waals surface area contributed by atoms with E-state index >= 15 is 0 Å². The predicted molar refractivity (Wildman–Crippen MR) is 60.1 cm³/mol. The second-order valence-electron chi connectivity index (χ2n) is 4.36. The van der Waals surface area contributed by atoms with Gasteiger partial charge in [0.2, 0.25) is 0 Å². The first-order valence-corrected chi connectivity index (χ1v) is 5.35. The van der Waals surface area contributed by atoms with Gasteiger partial charge in [0.15, 0.2) is 0 Å². The third kappa shape index (κ3) is 1.30. The highest BCUT2D eigenvalue weighted by molar-refractivity contribution is 5.84. The smallest absolute Gasteiger partial charge is 0.408 e. The third-order valence-electron chi connectivity index (χ3n) is 3.29. The van der Waals surface area contributed by atoms with Crippen LogP contribution >= 0.6 is 0 Å². The van der Waals surface area contributed by atoms with Gasteiger partial charge < -0.3 is 5.11 Å². The molecule has 1 spiro atoms. The molecular weight excluding hydrogens is 204 g/mol. The number of benzene rings is 1. The number of carbonyl (C=O) groups is 1. The normalized spacial score (nSPS) is 20.4. The average molecular weight is 216 g/mol. The molecule has 1 fully saturated rings. The summed E-state index contributed by atoms with van der Waals surface area (Å²) in [6.07, 6.45) is 2.71. The fourth-order valence-corrected chi connectivity index (χ4v) is 2.14. The van der Waals surface area contributed by atoms with E-state index in [4.69, 9.17) is 0 Å². The summed E-state index contributed by atoms with van der Waals surface area (Å²) in [4.78, 5) is 17.1. The molecule has 0 bridgehead atoms.